The Balaban J connectivity index is 2.51. The molecule has 100 valence electrons. The number of hydrogen-bond acceptors (Lipinski definition) is 2. The highest BCUT2D eigenvalue weighted by Gasteiger charge is 2.26. The minimum Gasteiger partial charge on any atom is -0.341 e. The summed E-state index contributed by atoms with van der Waals surface area (Å²) in [5.41, 5.74) is 0. The topological polar surface area (TPSA) is 23.6 Å². The Hall–Kier alpha value is 0.01000. The molecule has 0 aromatic heterocycles. The smallest absolute Gasteiger partial charge is 0.239 e. The summed E-state index contributed by atoms with van der Waals surface area (Å²) in [6.45, 7) is 5.19. The zero-order chi connectivity index (χ0) is 12.7. The van der Waals surface area contributed by atoms with Crippen molar-refractivity contribution in [2.75, 3.05) is 37.9 Å². The minimum atomic E-state index is -0.106. The van der Waals surface area contributed by atoms with Crippen LogP contribution < -0.4 is 0 Å². The third-order valence-electron chi connectivity index (χ3n) is 3.32. The maximum atomic E-state index is 12.3. The van der Waals surface area contributed by atoms with Gasteiger partial charge >= 0.3 is 0 Å². The SMILES string of the molecule is CC(C(=O)N1CCCCC1)N(CCCl)CCCl. The van der Waals surface area contributed by atoms with Crippen LogP contribution >= 0.6 is 23.2 Å². The highest BCUT2D eigenvalue weighted by molar-refractivity contribution is 6.18. The molecule has 1 unspecified atom stereocenters. The van der Waals surface area contributed by atoms with Gasteiger partial charge in [0, 0.05) is 37.9 Å². The van der Waals surface area contributed by atoms with Gasteiger partial charge in [0.25, 0.3) is 0 Å². The number of carbonyl (C=O) groups excluding carboxylic acids is 1. The van der Waals surface area contributed by atoms with E-state index < -0.39 is 0 Å². The summed E-state index contributed by atoms with van der Waals surface area (Å²) < 4.78 is 0. The summed E-state index contributed by atoms with van der Waals surface area (Å²) in [6, 6.07) is -0.106. The Labute approximate surface area is 114 Å². The number of hydrogen-bond donors (Lipinski definition) is 0. The van der Waals surface area contributed by atoms with Crippen molar-refractivity contribution in [3.63, 3.8) is 0 Å². The molecule has 0 spiro atoms. The van der Waals surface area contributed by atoms with Gasteiger partial charge in [-0.1, -0.05) is 0 Å². The van der Waals surface area contributed by atoms with Gasteiger partial charge in [-0.15, -0.1) is 23.2 Å². The molecule has 0 aromatic rings. The lowest BCUT2D eigenvalue weighted by Crippen LogP contribution is -2.49. The van der Waals surface area contributed by atoms with Crippen LogP contribution in [-0.2, 0) is 4.79 Å². The minimum absolute atomic E-state index is 0.106. The van der Waals surface area contributed by atoms with Crippen LogP contribution in [0.15, 0.2) is 0 Å². The van der Waals surface area contributed by atoms with E-state index in [1.165, 1.54) is 6.42 Å². The van der Waals surface area contributed by atoms with Crippen LogP contribution in [0.4, 0.5) is 0 Å². The van der Waals surface area contributed by atoms with Crippen LogP contribution in [0.3, 0.4) is 0 Å². The summed E-state index contributed by atoms with van der Waals surface area (Å²) in [4.78, 5) is 16.3. The molecule has 0 radical (unpaired) electrons. The summed E-state index contributed by atoms with van der Waals surface area (Å²) >= 11 is 11.5. The maximum Gasteiger partial charge on any atom is 0.239 e. The van der Waals surface area contributed by atoms with Crippen LogP contribution in [0, 0.1) is 0 Å². The summed E-state index contributed by atoms with van der Waals surface area (Å²) in [6.07, 6.45) is 3.50. The van der Waals surface area contributed by atoms with Gasteiger partial charge in [0.15, 0.2) is 0 Å². The third kappa shape index (κ3) is 4.65. The molecule has 1 saturated heterocycles. The highest BCUT2D eigenvalue weighted by Crippen LogP contribution is 2.12. The van der Waals surface area contributed by atoms with Gasteiger partial charge in [-0.05, 0) is 26.2 Å². The van der Waals surface area contributed by atoms with E-state index in [9.17, 15) is 4.79 Å². The van der Waals surface area contributed by atoms with E-state index >= 15 is 0 Å². The van der Waals surface area contributed by atoms with Crippen LogP contribution in [0.5, 0.6) is 0 Å². The fraction of sp³-hybridized carbons (Fsp3) is 0.917. The number of amides is 1. The van der Waals surface area contributed by atoms with Crippen molar-refractivity contribution in [1.82, 2.24) is 9.80 Å². The molecule has 1 heterocycles. The van der Waals surface area contributed by atoms with Crippen LogP contribution in [0.25, 0.3) is 0 Å². The van der Waals surface area contributed by atoms with Crippen LogP contribution in [-0.4, -0.2) is 59.7 Å². The molecule has 0 saturated carbocycles. The number of carbonyl (C=O) groups is 1. The first-order valence-electron chi connectivity index (χ1n) is 6.35. The van der Waals surface area contributed by atoms with Gasteiger partial charge in [-0.2, -0.15) is 0 Å². The van der Waals surface area contributed by atoms with Crippen molar-refractivity contribution in [2.24, 2.45) is 0 Å². The lowest BCUT2D eigenvalue weighted by Gasteiger charge is -2.34. The second-order valence-electron chi connectivity index (χ2n) is 4.48. The molecule has 1 rings (SSSR count). The predicted molar refractivity (Wildman–Crippen MR) is 72.9 cm³/mol. The summed E-state index contributed by atoms with van der Waals surface area (Å²) in [5.74, 6) is 1.29. The molecule has 0 N–H and O–H groups in total. The van der Waals surface area contributed by atoms with Crippen molar-refractivity contribution in [2.45, 2.75) is 32.2 Å². The fourth-order valence-corrected chi connectivity index (χ4v) is 2.69. The van der Waals surface area contributed by atoms with Gasteiger partial charge in [-0.3, -0.25) is 9.69 Å². The second kappa shape index (κ2) is 8.17. The first-order valence-corrected chi connectivity index (χ1v) is 7.42. The molecular formula is C12H22Cl2N2O. The van der Waals surface area contributed by atoms with Crippen LogP contribution in [0.2, 0.25) is 0 Å². The number of rotatable bonds is 6. The molecule has 1 aliphatic rings. The normalized spacial score (nSPS) is 18.5. The molecular weight excluding hydrogens is 259 g/mol. The van der Waals surface area contributed by atoms with E-state index in [1.54, 1.807) is 0 Å². The lowest BCUT2D eigenvalue weighted by molar-refractivity contribution is -0.137. The first-order chi connectivity index (χ1) is 8.20. The van der Waals surface area contributed by atoms with E-state index in [0.29, 0.717) is 11.8 Å². The Bertz CT molecular complexity index is 227. The second-order valence-corrected chi connectivity index (χ2v) is 5.23. The van der Waals surface area contributed by atoms with E-state index in [4.69, 9.17) is 23.2 Å². The molecule has 1 aliphatic heterocycles. The Morgan fingerprint density at radius 2 is 1.71 bits per heavy atom. The largest absolute Gasteiger partial charge is 0.341 e. The molecule has 3 nitrogen and oxygen atoms in total. The molecule has 0 bridgehead atoms. The zero-order valence-electron chi connectivity index (χ0n) is 10.5. The zero-order valence-corrected chi connectivity index (χ0v) is 12.0. The molecule has 5 heteroatoms. The lowest BCUT2D eigenvalue weighted by atomic mass is 10.1. The van der Waals surface area contributed by atoms with Gasteiger partial charge in [0.1, 0.15) is 0 Å². The Kier molecular flexibility index (Phi) is 7.24. The fourth-order valence-electron chi connectivity index (χ4n) is 2.25. The van der Waals surface area contributed by atoms with E-state index in [-0.39, 0.29) is 11.9 Å². The van der Waals surface area contributed by atoms with E-state index in [2.05, 4.69) is 4.90 Å². The molecule has 1 amide bonds. The van der Waals surface area contributed by atoms with Gasteiger partial charge in [-0.25, -0.2) is 0 Å². The molecule has 17 heavy (non-hydrogen) atoms. The average Bonchev–Trinajstić information content (AvgIpc) is 2.38. The highest BCUT2D eigenvalue weighted by atomic mass is 35.5. The summed E-state index contributed by atoms with van der Waals surface area (Å²) in [5, 5.41) is 0. The molecule has 0 aliphatic carbocycles. The van der Waals surface area contributed by atoms with Gasteiger partial charge in [0.2, 0.25) is 5.91 Å². The Morgan fingerprint density at radius 3 is 2.18 bits per heavy atom. The van der Waals surface area contributed by atoms with Crippen molar-refractivity contribution in [3.05, 3.63) is 0 Å². The number of halogens is 2. The Morgan fingerprint density at radius 1 is 1.18 bits per heavy atom. The molecule has 1 fully saturated rings. The molecule has 1 atom stereocenters. The van der Waals surface area contributed by atoms with E-state index in [1.807, 2.05) is 11.8 Å². The predicted octanol–water partition coefficient (Wildman–Crippen LogP) is 2.17. The van der Waals surface area contributed by atoms with Crippen molar-refractivity contribution >= 4 is 29.1 Å². The first kappa shape index (κ1) is 15.1. The van der Waals surface area contributed by atoms with E-state index in [0.717, 1.165) is 39.0 Å². The number of nitrogens with zero attached hydrogens (tertiary/aromatic N) is 2. The molecule has 0 aromatic carbocycles. The van der Waals surface area contributed by atoms with Crippen LogP contribution in [0.1, 0.15) is 26.2 Å². The summed E-state index contributed by atoms with van der Waals surface area (Å²) in [7, 11) is 0. The quantitative estimate of drug-likeness (QED) is 0.697. The maximum absolute atomic E-state index is 12.3. The van der Waals surface area contributed by atoms with Crippen molar-refractivity contribution in [3.8, 4) is 0 Å². The van der Waals surface area contributed by atoms with Gasteiger partial charge in [0.05, 0.1) is 6.04 Å². The van der Waals surface area contributed by atoms with Gasteiger partial charge < -0.3 is 4.90 Å². The average molecular weight is 281 g/mol. The van der Waals surface area contributed by atoms with Crippen molar-refractivity contribution < 1.29 is 4.79 Å². The standard InChI is InChI=1S/C12H22Cl2N2O/c1-11(15(9-5-13)10-6-14)12(17)16-7-3-2-4-8-16/h11H,2-10H2,1H3. The number of alkyl halides is 2. The van der Waals surface area contributed by atoms with Crippen molar-refractivity contribution in [1.29, 1.82) is 0 Å². The number of likely N-dealkylation sites (tertiary alicyclic amines) is 1. The monoisotopic (exact) mass is 280 g/mol. The third-order valence-corrected chi connectivity index (χ3v) is 3.65. The number of piperidine rings is 1.